The minimum absolute atomic E-state index is 0.00449. The summed E-state index contributed by atoms with van der Waals surface area (Å²) in [7, 11) is 0. The van der Waals surface area contributed by atoms with E-state index in [1.165, 1.54) is 11.1 Å². The zero-order chi connectivity index (χ0) is 26.9. The predicted octanol–water partition coefficient (Wildman–Crippen LogP) is 5.64. The molecule has 4 heterocycles. The first-order valence-electron chi connectivity index (χ1n) is 15.3. The lowest BCUT2D eigenvalue weighted by Crippen LogP contribution is -2.78. The maximum atomic E-state index is 14.3. The van der Waals surface area contributed by atoms with E-state index in [9.17, 15) is 9.59 Å². The van der Waals surface area contributed by atoms with Gasteiger partial charge >= 0.3 is 0 Å². The molecule has 0 amide bonds. The molecule has 4 saturated heterocycles. The van der Waals surface area contributed by atoms with Gasteiger partial charge in [-0.15, -0.1) is 0 Å². The Kier molecular flexibility index (Phi) is 6.33. The SMILES string of the molecule is CC(C)(C)C1CC2C(=O)C3CCC(c4ccccc4)NC3N3C4NC(c5ccccc5)CCC4C(=O)C(C1)C23. The van der Waals surface area contributed by atoms with Crippen LogP contribution in [0, 0.1) is 35.0 Å². The topological polar surface area (TPSA) is 61.4 Å². The largest absolute Gasteiger partial charge is 0.299 e. The molecule has 0 bridgehead atoms. The zero-order valence-electron chi connectivity index (χ0n) is 23.6. The summed E-state index contributed by atoms with van der Waals surface area (Å²) in [6.07, 6.45) is 5.53. The lowest BCUT2D eigenvalue weighted by Gasteiger charge is -2.64. The van der Waals surface area contributed by atoms with E-state index in [-0.39, 0.29) is 59.5 Å². The van der Waals surface area contributed by atoms with Crippen LogP contribution in [0.5, 0.6) is 0 Å². The summed E-state index contributed by atoms with van der Waals surface area (Å²) in [6, 6.07) is 21.8. The number of hydrogen-bond donors (Lipinski definition) is 2. The molecule has 206 valence electrons. The van der Waals surface area contributed by atoms with Gasteiger partial charge in [-0.3, -0.25) is 25.1 Å². The number of benzene rings is 2. The van der Waals surface area contributed by atoms with E-state index in [1.54, 1.807) is 0 Å². The highest BCUT2D eigenvalue weighted by atomic mass is 16.1. The number of Topliss-reactive ketones (excluding diaryl/α,β-unsaturated/α-hetero) is 2. The van der Waals surface area contributed by atoms with Gasteiger partial charge < -0.3 is 0 Å². The van der Waals surface area contributed by atoms with Crippen molar-refractivity contribution in [1.29, 1.82) is 0 Å². The lowest BCUT2D eigenvalue weighted by molar-refractivity contribution is -0.185. The zero-order valence-corrected chi connectivity index (χ0v) is 23.6. The summed E-state index contributed by atoms with van der Waals surface area (Å²) in [5.41, 5.74) is 2.68. The second-order valence-corrected chi connectivity index (χ2v) is 14.0. The van der Waals surface area contributed by atoms with Crippen LogP contribution in [-0.2, 0) is 9.59 Å². The van der Waals surface area contributed by atoms with Crippen molar-refractivity contribution in [2.24, 2.45) is 35.0 Å². The van der Waals surface area contributed by atoms with E-state index >= 15 is 0 Å². The van der Waals surface area contributed by atoms with Crippen molar-refractivity contribution in [3.8, 4) is 0 Å². The molecule has 2 N–H and O–H groups in total. The molecule has 0 radical (unpaired) electrons. The fraction of sp³-hybridized carbons (Fsp3) is 0.588. The van der Waals surface area contributed by atoms with Gasteiger partial charge in [-0.25, -0.2) is 0 Å². The Hall–Kier alpha value is -2.34. The molecule has 8 unspecified atom stereocenters. The Bertz CT molecular complexity index is 1140. The molecule has 4 aliphatic heterocycles. The number of carbonyl (C=O) groups is 2. The molecule has 5 fully saturated rings. The number of nitrogens with zero attached hydrogens (tertiary/aromatic N) is 1. The Morgan fingerprint density at radius 2 is 1.08 bits per heavy atom. The molecule has 2 aromatic carbocycles. The highest BCUT2D eigenvalue weighted by Crippen LogP contribution is 2.54. The van der Waals surface area contributed by atoms with Crippen LogP contribution in [0.15, 0.2) is 60.7 Å². The van der Waals surface area contributed by atoms with Crippen LogP contribution in [-0.4, -0.2) is 34.8 Å². The van der Waals surface area contributed by atoms with Crippen LogP contribution in [0.25, 0.3) is 0 Å². The monoisotopic (exact) mass is 525 g/mol. The van der Waals surface area contributed by atoms with Gasteiger partial charge in [-0.2, -0.15) is 0 Å². The molecule has 5 aliphatic rings. The van der Waals surface area contributed by atoms with Crippen LogP contribution in [0.2, 0.25) is 0 Å². The van der Waals surface area contributed by atoms with Crippen molar-refractivity contribution in [2.45, 2.75) is 89.8 Å². The van der Waals surface area contributed by atoms with Crippen LogP contribution in [0.3, 0.4) is 0 Å². The standard InChI is InChI=1S/C34H43N3O2/c1-34(2,3)22-18-25-29-26(19-22)31(39)24-15-17-28(21-12-8-5-9-13-21)36-33(24)37(29)32-23(30(25)38)14-16-27(35-32)20-10-6-4-7-11-20/h4-13,22-29,32-33,35-36H,14-19H2,1-3H3. The minimum atomic E-state index is -0.0481. The fourth-order valence-electron chi connectivity index (χ4n) is 8.95. The third kappa shape index (κ3) is 4.24. The molecule has 7 rings (SSSR count). The van der Waals surface area contributed by atoms with Crippen molar-refractivity contribution in [1.82, 2.24) is 15.5 Å². The van der Waals surface area contributed by atoms with Crippen LogP contribution in [0.1, 0.15) is 82.5 Å². The predicted molar refractivity (Wildman–Crippen MR) is 152 cm³/mol. The minimum Gasteiger partial charge on any atom is -0.299 e. The summed E-state index contributed by atoms with van der Waals surface area (Å²) < 4.78 is 0. The molecule has 8 atom stereocenters. The van der Waals surface area contributed by atoms with Gasteiger partial charge in [0.1, 0.15) is 11.6 Å². The van der Waals surface area contributed by atoms with E-state index in [0.717, 1.165) is 38.5 Å². The molecule has 5 nitrogen and oxygen atoms in total. The molecule has 0 aromatic heterocycles. The van der Waals surface area contributed by atoms with Crippen molar-refractivity contribution < 1.29 is 9.59 Å². The van der Waals surface area contributed by atoms with Gasteiger partial charge in [0.2, 0.25) is 0 Å². The van der Waals surface area contributed by atoms with Gasteiger partial charge in [-0.1, -0.05) is 81.4 Å². The Balaban J connectivity index is 1.29. The first kappa shape index (κ1) is 25.6. The summed E-state index contributed by atoms with van der Waals surface area (Å²) >= 11 is 0. The molecular formula is C34H43N3O2. The van der Waals surface area contributed by atoms with Crippen molar-refractivity contribution >= 4 is 11.6 Å². The maximum Gasteiger partial charge on any atom is 0.143 e. The van der Waals surface area contributed by atoms with Crippen molar-refractivity contribution in [2.75, 3.05) is 0 Å². The Morgan fingerprint density at radius 1 is 0.641 bits per heavy atom. The molecule has 1 saturated carbocycles. The highest BCUT2D eigenvalue weighted by Gasteiger charge is 2.63. The fourth-order valence-corrected chi connectivity index (χ4v) is 8.95. The van der Waals surface area contributed by atoms with Crippen molar-refractivity contribution in [3.05, 3.63) is 71.8 Å². The molecule has 0 spiro atoms. The van der Waals surface area contributed by atoms with Gasteiger partial charge in [0.05, 0.1) is 12.3 Å². The summed E-state index contributed by atoms with van der Waals surface area (Å²) in [4.78, 5) is 31.2. The van der Waals surface area contributed by atoms with Crippen LogP contribution >= 0.6 is 0 Å². The number of hydrogen-bond acceptors (Lipinski definition) is 5. The number of nitrogens with one attached hydrogen (secondary N) is 2. The van der Waals surface area contributed by atoms with E-state index in [1.807, 2.05) is 0 Å². The summed E-state index contributed by atoms with van der Waals surface area (Å²) in [5, 5.41) is 7.98. The van der Waals surface area contributed by atoms with E-state index < -0.39 is 0 Å². The van der Waals surface area contributed by atoms with E-state index in [0.29, 0.717) is 17.5 Å². The first-order valence-corrected chi connectivity index (χ1v) is 15.3. The average molecular weight is 526 g/mol. The van der Waals surface area contributed by atoms with Crippen molar-refractivity contribution in [3.63, 3.8) is 0 Å². The van der Waals surface area contributed by atoms with E-state index in [4.69, 9.17) is 0 Å². The van der Waals surface area contributed by atoms with Crippen LogP contribution in [0.4, 0.5) is 0 Å². The Labute approximate surface area is 233 Å². The second-order valence-electron chi connectivity index (χ2n) is 14.0. The molecular weight excluding hydrogens is 482 g/mol. The summed E-state index contributed by atoms with van der Waals surface area (Å²) in [6.45, 7) is 6.88. The second kappa shape index (κ2) is 9.64. The molecule has 5 heteroatoms. The first-order chi connectivity index (χ1) is 18.8. The highest BCUT2D eigenvalue weighted by molar-refractivity contribution is 5.91. The summed E-state index contributed by atoms with van der Waals surface area (Å²) in [5.74, 6) is 1.11. The number of rotatable bonds is 2. The smallest absolute Gasteiger partial charge is 0.143 e. The number of ketones is 2. The van der Waals surface area contributed by atoms with Gasteiger partial charge in [0.15, 0.2) is 0 Å². The number of carbonyl (C=O) groups excluding carboxylic acids is 2. The molecule has 2 aromatic rings. The average Bonchev–Trinajstić information content (AvgIpc) is 2.96. The van der Waals surface area contributed by atoms with Crippen LogP contribution < -0.4 is 10.6 Å². The number of fused-ring (bicyclic) bond motifs is 4. The quantitative estimate of drug-likeness (QED) is 0.531. The van der Waals surface area contributed by atoms with Gasteiger partial charge in [-0.05, 0) is 61.0 Å². The Morgan fingerprint density at radius 3 is 1.49 bits per heavy atom. The molecule has 39 heavy (non-hydrogen) atoms. The maximum absolute atomic E-state index is 14.3. The third-order valence-electron chi connectivity index (χ3n) is 11.0. The normalized spacial score (nSPS) is 40.4. The van der Waals surface area contributed by atoms with Gasteiger partial charge in [0, 0.05) is 41.8 Å². The van der Waals surface area contributed by atoms with E-state index in [2.05, 4.69) is 97.0 Å². The van der Waals surface area contributed by atoms with Gasteiger partial charge in [0.25, 0.3) is 0 Å². The third-order valence-corrected chi connectivity index (χ3v) is 11.0. The lowest BCUT2D eigenvalue weighted by atomic mass is 9.55. The molecule has 1 aliphatic carbocycles. The number of piperidine rings is 4.